The molecule has 5 nitrogen and oxygen atoms in total. The van der Waals surface area contributed by atoms with E-state index in [2.05, 4.69) is 5.32 Å². The molecule has 0 heterocycles. The number of amides is 1. The van der Waals surface area contributed by atoms with Gasteiger partial charge in [-0.2, -0.15) is 0 Å². The summed E-state index contributed by atoms with van der Waals surface area (Å²) in [5, 5.41) is 2.82. The van der Waals surface area contributed by atoms with Crippen LogP contribution < -0.4 is 10.1 Å². The Morgan fingerprint density at radius 2 is 1.83 bits per heavy atom. The van der Waals surface area contributed by atoms with Crippen molar-refractivity contribution in [2.45, 2.75) is 11.8 Å². The molecule has 0 fully saturated rings. The largest absolute Gasteiger partial charge is 0.496 e. The van der Waals surface area contributed by atoms with Crippen LogP contribution in [0.3, 0.4) is 0 Å². The number of hydrogen-bond acceptors (Lipinski definition) is 5. The number of anilines is 1. The van der Waals surface area contributed by atoms with Gasteiger partial charge in [-0.15, -0.1) is 11.8 Å². The topological polar surface area (TPSA) is 64.6 Å². The van der Waals surface area contributed by atoms with Gasteiger partial charge < -0.3 is 14.8 Å². The zero-order valence-electron chi connectivity index (χ0n) is 14.0. The number of benzene rings is 2. The van der Waals surface area contributed by atoms with E-state index in [0.717, 1.165) is 10.5 Å². The summed E-state index contributed by atoms with van der Waals surface area (Å²) < 4.78 is 10.0. The van der Waals surface area contributed by atoms with Gasteiger partial charge in [0, 0.05) is 10.6 Å². The summed E-state index contributed by atoms with van der Waals surface area (Å²) in [7, 11) is 2.85. The quantitative estimate of drug-likeness (QED) is 0.660. The van der Waals surface area contributed by atoms with Gasteiger partial charge in [0.05, 0.1) is 25.3 Å². The van der Waals surface area contributed by atoms with Crippen molar-refractivity contribution < 1.29 is 19.1 Å². The van der Waals surface area contributed by atoms with E-state index >= 15 is 0 Å². The van der Waals surface area contributed by atoms with Crippen LogP contribution >= 0.6 is 11.8 Å². The van der Waals surface area contributed by atoms with E-state index in [-0.39, 0.29) is 5.91 Å². The molecule has 2 rings (SSSR count). The number of methoxy groups -OCH3 is 2. The van der Waals surface area contributed by atoms with Gasteiger partial charge in [-0.3, -0.25) is 4.79 Å². The van der Waals surface area contributed by atoms with Crippen LogP contribution in [0, 0.1) is 6.92 Å². The lowest BCUT2D eigenvalue weighted by molar-refractivity contribution is 0.0600. The summed E-state index contributed by atoms with van der Waals surface area (Å²) in [6, 6.07) is 10.4. The van der Waals surface area contributed by atoms with Crippen LogP contribution in [0.25, 0.3) is 0 Å². The number of nitrogens with one attached hydrogen (secondary N) is 1. The lowest BCUT2D eigenvalue weighted by Crippen LogP contribution is -2.15. The zero-order valence-corrected chi connectivity index (χ0v) is 14.8. The van der Waals surface area contributed by atoms with Gasteiger partial charge in [0.2, 0.25) is 0 Å². The lowest BCUT2D eigenvalue weighted by Gasteiger charge is -2.13. The third kappa shape index (κ3) is 3.89. The Hall–Kier alpha value is -2.47. The molecule has 24 heavy (non-hydrogen) atoms. The van der Waals surface area contributed by atoms with Gasteiger partial charge in [0.25, 0.3) is 5.91 Å². The minimum absolute atomic E-state index is 0.301. The predicted molar refractivity (Wildman–Crippen MR) is 95.2 cm³/mol. The number of thioether (sulfide) groups is 1. The molecule has 2 aromatic rings. The van der Waals surface area contributed by atoms with Crippen molar-refractivity contribution in [1.82, 2.24) is 0 Å². The number of esters is 1. The van der Waals surface area contributed by atoms with Gasteiger partial charge in [0.15, 0.2) is 0 Å². The van der Waals surface area contributed by atoms with Crippen LogP contribution in [0.1, 0.15) is 26.3 Å². The van der Waals surface area contributed by atoms with E-state index in [1.54, 1.807) is 36.0 Å². The van der Waals surface area contributed by atoms with E-state index in [4.69, 9.17) is 9.47 Å². The van der Waals surface area contributed by atoms with E-state index in [0.29, 0.717) is 22.6 Å². The van der Waals surface area contributed by atoms with Crippen molar-refractivity contribution in [2.75, 3.05) is 25.8 Å². The third-order valence-electron chi connectivity index (χ3n) is 3.56. The first-order valence-electron chi connectivity index (χ1n) is 7.22. The highest BCUT2D eigenvalue weighted by Gasteiger charge is 2.15. The van der Waals surface area contributed by atoms with Crippen LogP contribution in [0.4, 0.5) is 5.69 Å². The highest BCUT2D eigenvalue weighted by molar-refractivity contribution is 7.98. The maximum atomic E-state index is 12.6. The molecule has 0 saturated carbocycles. The Labute approximate surface area is 145 Å². The highest BCUT2D eigenvalue weighted by Crippen LogP contribution is 2.27. The van der Waals surface area contributed by atoms with E-state index < -0.39 is 5.97 Å². The molecular weight excluding hydrogens is 326 g/mol. The molecule has 0 unspecified atom stereocenters. The average molecular weight is 345 g/mol. The first-order valence-corrected chi connectivity index (χ1v) is 8.45. The normalized spacial score (nSPS) is 10.2. The Balaban J connectivity index is 2.31. The van der Waals surface area contributed by atoms with Crippen molar-refractivity contribution in [3.05, 3.63) is 53.1 Å². The molecule has 0 aromatic heterocycles. The second-order valence-corrected chi connectivity index (χ2v) is 5.92. The van der Waals surface area contributed by atoms with Gasteiger partial charge >= 0.3 is 5.97 Å². The fourth-order valence-electron chi connectivity index (χ4n) is 2.18. The van der Waals surface area contributed by atoms with Crippen LogP contribution in [-0.4, -0.2) is 32.4 Å². The molecule has 0 bridgehead atoms. The summed E-state index contributed by atoms with van der Waals surface area (Å²) in [4.78, 5) is 25.2. The van der Waals surface area contributed by atoms with Crippen molar-refractivity contribution in [3.8, 4) is 5.75 Å². The summed E-state index contributed by atoms with van der Waals surface area (Å²) in [5.74, 6) is -0.252. The average Bonchev–Trinajstić information content (AvgIpc) is 2.62. The molecule has 0 aliphatic rings. The molecular formula is C18H19NO4S. The number of hydrogen-bond donors (Lipinski definition) is 1. The monoisotopic (exact) mass is 345 g/mol. The summed E-state index contributed by atoms with van der Waals surface area (Å²) in [5.41, 5.74) is 2.20. The van der Waals surface area contributed by atoms with Crippen LogP contribution in [0.2, 0.25) is 0 Å². The van der Waals surface area contributed by atoms with Crippen molar-refractivity contribution in [2.24, 2.45) is 0 Å². The van der Waals surface area contributed by atoms with E-state index in [9.17, 15) is 9.59 Å². The third-order valence-corrected chi connectivity index (χ3v) is 4.29. The second kappa shape index (κ2) is 7.88. The Bertz CT molecular complexity index is 774. The summed E-state index contributed by atoms with van der Waals surface area (Å²) in [6.45, 7) is 1.85. The second-order valence-electron chi connectivity index (χ2n) is 5.04. The molecule has 6 heteroatoms. The smallest absolute Gasteiger partial charge is 0.337 e. The van der Waals surface area contributed by atoms with Crippen molar-refractivity contribution in [1.29, 1.82) is 0 Å². The van der Waals surface area contributed by atoms with Crippen molar-refractivity contribution >= 4 is 29.3 Å². The van der Waals surface area contributed by atoms with Crippen LogP contribution in [0.15, 0.2) is 41.3 Å². The van der Waals surface area contributed by atoms with E-state index in [1.165, 1.54) is 14.2 Å². The number of aryl methyl sites for hydroxylation is 1. The Kier molecular flexibility index (Phi) is 5.87. The number of carbonyl (C=O) groups is 2. The summed E-state index contributed by atoms with van der Waals surface area (Å²) >= 11 is 1.57. The molecule has 0 atom stereocenters. The summed E-state index contributed by atoms with van der Waals surface area (Å²) in [6.07, 6.45) is 1.95. The minimum Gasteiger partial charge on any atom is -0.496 e. The number of rotatable bonds is 5. The van der Waals surface area contributed by atoms with Crippen LogP contribution in [-0.2, 0) is 4.74 Å². The molecule has 0 spiro atoms. The first-order chi connectivity index (χ1) is 11.5. The number of ether oxygens (including phenoxy) is 2. The molecule has 126 valence electrons. The molecule has 2 aromatic carbocycles. The molecule has 0 radical (unpaired) electrons. The Morgan fingerprint density at radius 1 is 1.08 bits per heavy atom. The lowest BCUT2D eigenvalue weighted by atomic mass is 10.1. The van der Waals surface area contributed by atoms with Gasteiger partial charge in [-0.05, 0) is 49.1 Å². The fraction of sp³-hybridized carbons (Fsp3) is 0.222. The molecule has 1 amide bonds. The van der Waals surface area contributed by atoms with E-state index in [1.807, 2.05) is 25.3 Å². The molecule has 0 aliphatic carbocycles. The van der Waals surface area contributed by atoms with Gasteiger partial charge in [-0.25, -0.2) is 4.79 Å². The SMILES string of the molecule is COC(=O)c1ccc(C)c(NC(=O)c2ccc(SC)cc2OC)c1. The van der Waals surface area contributed by atoms with Gasteiger partial charge in [-0.1, -0.05) is 6.07 Å². The highest BCUT2D eigenvalue weighted by atomic mass is 32.2. The predicted octanol–water partition coefficient (Wildman–Crippen LogP) is 3.76. The maximum absolute atomic E-state index is 12.6. The minimum atomic E-state index is -0.451. The zero-order chi connectivity index (χ0) is 17.7. The van der Waals surface area contributed by atoms with Crippen molar-refractivity contribution in [3.63, 3.8) is 0 Å². The van der Waals surface area contributed by atoms with Crippen LogP contribution in [0.5, 0.6) is 5.75 Å². The molecule has 1 N–H and O–H groups in total. The number of carbonyl (C=O) groups excluding carboxylic acids is 2. The standard InChI is InChI=1S/C18H19NO4S/c1-11-5-6-12(18(21)23-3)9-15(11)19-17(20)14-8-7-13(24-4)10-16(14)22-2/h5-10H,1-4H3,(H,19,20). The maximum Gasteiger partial charge on any atom is 0.337 e. The Morgan fingerprint density at radius 3 is 2.46 bits per heavy atom. The first kappa shape index (κ1) is 17.9. The van der Waals surface area contributed by atoms with Gasteiger partial charge in [0.1, 0.15) is 5.75 Å². The molecule has 0 saturated heterocycles. The molecule has 0 aliphatic heterocycles. The fourth-order valence-corrected chi connectivity index (χ4v) is 2.61.